The van der Waals surface area contributed by atoms with Crippen LogP contribution in [0.4, 0.5) is 13.2 Å². The van der Waals surface area contributed by atoms with Gasteiger partial charge in [-0.15, -0.1) is 0 Å². The van der Waals surface area contributed by atoms with Crippen LogP contribution in [0.25, 0.3) is 0 Å². The van der Waals surface area contributed by atoms with Crippen LogP contribution in [-0.2, 0) is 14.3 Å². The zero-order valence-corrected chi connectivity index (χ0v) is 11.3. The maximum Gasteiger partial charge on any atom is 0.401 e. The highest BCUT2D eigenvalue weighted by Crippen LogP contribution is 2.31. The third-order valence-corrected chi connectivity index (χ3v) is 3.03. The fourth-order valence-electron chi connectivity index (χ4n) is 2.48. The summed E-state index contributed by atoms with van der Waals surface area (Å²) in [5.41, 5.74) is -1.32. The number of esters is 1. The lowest BCUT2D eigenvalue weighted by molar-refractivity contribution is -0.168. The normalized spacial score (nSPS) is 32.1. The zero-order valence-electron chi connectivity index (χ0n) is 11.3. The monoisotopic (exact) mass is 283 g/mol. The van der Waals surface area contributed by atoms with Crippen LogP contribution in [0, 0.1) is 0 Å². The molecule has 0 radical (unpaired) electrons. The third-order valence-electron chi connectivity index (χ3n) is 3.03. The van der Waals surface area contributed by atoms with Gasteiger partial charge in [0.25, 0.3) is 0 Å². The predicted molar refractivity (Wildman–Crippen MR) is 62.7 cm³/mol. The molecule has 0 aromatic carbocycles. The fourth-order valence-corrected chi connectivity index (χ4v) is 2.48. The second kappa shape index (κ2) is 6.09. The molecular formula is C12H20F3NO3. The van der Waals surface area contributed by atoms with Gasteiger partial charge in [0.2, 0.25) is 0 Å². The lowest BCUT2D eigenvalue weighted by Gasteiger charge is -2.41. The molecule has 1 heterocycles. The standard InChI is InChI=1S/C12H20F3NO3/c1-4-18-10(17)11(16-7-12(13,14)15)5-8(2)19-9(3)6-11/h8-9,16H,4-7H2,1-3H3. The van der Waals surface area contributed by atoms with Crippen molar-refractivity contribution in [3.05, 3.63) is 0 Å². The van der Waals surface area contributed by atoms with Crippen LogP contribution in [0.5, 0.6) is 0 Å². The predicted octanol–water partition coefficient (Wildman–Crippen LogP) is 2.03. The molecule has 0 amide bonds. The van der Waals surface area contributed by atoms with Gasteiger partial charge in [-0.1, -0.05) is 0 Å². The van der Waals surface area contributed by atoms with Gasteiger partial charge in [-0.25, -0.2) is 0 Å². The Morgan fingerprint density at radius 2 is 1.89 bits per heavy atom. The van der Waals surface area contributed by atoms with Crippen molar-refractivity contribution < 1.29 is 27.4 Å². The highest BCUT2D eigenvalue weighted by Gasteiger charge is 2.47. The minimum atomic E-state index is -4.37. The van der Waals surface area contributed by atoms with Crippen molar-refractivity contribution in [2.45, 2.75) is 57.5 Å². The lowest BCUT2D eigenvalue weighted by atomic mass is 9.84. The van der Waals surface area contributed by atoms with Gasteiger partial charge < -0.3 is 9.47 Å². The summed E-state index contributed by atoms with van der Waals surface area (Å²) in [6, 6.07) is 0. The Balaban J connectivity index is 2.86. The van der Waals surface area contributed by atoms with Gasteiger partial charge >= 0.3 is 12.1 Å². The lowest BCUT2D eigenvalue weighted by Crippen LogP contribution is -2.61. The van der Waals surface area contributed by atoms with Gasteiger partial charge in [-0.05, 0) is 20.8 Å². The van der Waals surface area contributed by atoms with E-state index < -0.39 is 24.2 Å². The van der Waals surface area contributed by atoms with E-state index in [1.807, 2.05) is 0 Å². The van der Waals surface area contributed by atoms with Gasteiger partial charge in [0.1, 0.15) is 5.54 Å². The number of alkyl halides is 3. The smallest absolute Gasteiger partial charge is 0.401 e. The van der Waals surface area contributed by atoms with E-state index in [0.29, 0.717) is 0 Å². The average molecular weight is 283 g/mol. The van der Waals surface area contributed by atoms with E-state index in [1.54, 1.807) is 20.8 Å². The molecule has 0 aromatic rings. The summed E-state index contributed by atoms with van der Waals surface area (Å²) in [4.78, 5) is 12.0. The van der Waals surface area contributed by atoms with E-state index in [4.69, 9.17) is 9.47 Å². The topological polar surface area (TPSA) is 47.6 Å². The molecule has 2 unspecified atom stereocenters. The van der Waals surface area contributed by atoms with Gasteiger partial charge in [0.05, 0.1) is 25.4 Å². The first kappa shape index (κ1) is 16.2. The minimum absolute atomic E-state index is 0.137. The molecule has 19 heavy (non-hydrogen) atoms. The van der Waals surface area contributed by atoms with Crippen LogP contribution in [0.1, 0.15) is 33.6 Å². The number of hydrogen-bond acceptors (Lipinski definition) is 4. The molecule has 0 aliphatic carbocycles. The van der Waals surface area contributed by atoms with Crippen LogP contribution >= 0.6 is 0 Å². The molecule has 1 rings (SSSR count). The maximum absolute atomic E-state index is 12.4. The Bertz CT molecular complexity index is 310. The third kappa shape index (κ3) is 4.65. The van der Waals surface area contributed by atoms with Gasteiger partial charge in [0.15, 0.2) is 0 Å². The number of hydrogen-bond donors (Lipinski definition) is 1. The second-order valence-corrected chi connectivity index (χ2v) is 4.94. The van der Waals surface area contributed by atoms with Crippen molar-refractivity contribution >= 4 is 5.97 Å². The summed E-state index contributed by atoms with van der Waals surface area (Å²) in [5, 5.41) is 2.34. The Morgan fingerprint density at radius 3 is 2.32 bits per heavy atom. The average Bonchev–Trinajstić information content (AvgIpc) is 2.24. The van der Waals surface area contributed by atoms with Crippen molar-refractivity contribution in [2.24, 2.45) is 0 Å². The van der Waals surface area contributed by atoms with Crippen LogP contribution < -0.4 is 5.32 Å². The molecule has 1 saturated heterocycles. The largest absolute Gasteiger partial charge is 0.465 e. The van der Waals surface area contributed by atoms with Gasteiger partial charge in [0, 0.05) is 12.8 Å². The van der Waals surface area contributed by atoms with Crippen molar-refractivity contribution in [3.8, 4) is 0 Å². The first-order valence-electron chi connectivity index (χ1n) is 6.33. The molecule has 0 bridgehead atoms. The minimum Gasteiger partial charge on any atom is -0.465 e. The van der Waals surface area contributed by atoms with Crippen LogP contribution in [0.3, 0.4) is 0 Å². The molecule has 4 nitrogen and oxygen atoms in total. The van der Waals surface area contributed by atoms with E-state index in [0.717, 1.165) is 0 Å². The van der Waals surface area contributed by atoms with Crippen molar-refractivity contribution in [3.63, 3.8) is 0 Å². The highest BCUT2D eigenvalue weighted by molar-refractivity contribution is 5.81. The Morgan fingerprint density at radius 1 is 1.37 bits per heavy atom. The quantitative estimate of drug-likeness (QED) is 0.802. The number of nitrogens with one attached hydrogen (secondary N) is 1. The summed E-state index contributed by atoms with van der Waals surface area (Å²) in [6.07, 6.45) is -4.62. The zero-order chi connectivity index (χ0) is 14.7. The van der Waals surface area contributed by atoms with E-state index in [-0.39, 0.29) is 31.7 Å². The molecule has 1 aliphatic rings. The molecular weight excluding hydrogens is 263 g/mol. The highest BCUT2D eigenvalue weighted by atomic mass is 19.4. The first-order chi connectivity index (χ1) is 8.68. The number of halogens is 3. The molecule has 0 spiro atoms. The summed E-state index contributed by atoms with van der Waals surface area (Å²) >= 11 is 0. The number of rotatable bonds is 4. The fraction of sp³-hybridized carbons (Fsp3) is 0.917. The summed E-state index contributed by atoms with van der Waals surface area (Å²) in [6.45, 7) is 4.02. The Kier molecular flexibility index (Phi) is 5.20. The van der Waals surface area contributed by atoms with Crippen LogP contribution in [0.15, 0.2) is 0 Å². The molecule has 1 aliphatic heterocycles. The number of carbonyl (C=O) groups excluding carboxylic acids is 1. The first-order valence-corrected chi connectivity index (χ1v) is 6.33. The van der Waals surface area contributed by atoms with E-state index in [9.17, 15) is 18.0 Å². The molecule has 1 fully saturated rings. The second-order valence-electron chi connectivity index (χ2n) is 4.94. The summed E-state index contributed by atoms with van der Waals surface area (Å²) in [5.74, 6) is -0.638. The van der Waals surface area contributed by atoms with Crippen LogP contribution in [0.2, 0.25) is 0 Å². The Hall–Kier alpha value is -0.820. The SMILES string of the molecule is CCOC(=O)C1(NCC(F)(F)F)CC(C)OC(C)C1. The van der Waals surface area contributed by atoms with Crippen molar-refractivity contribution in [1.82, 2.24) is 5.32 Å². The van der Waals surface area contributed by atoms with Crippen molar-refractivity contribution in [2.75, 3.05) is 13.2 Å². The Labute approximate surface area is 110 Å². The number of ether oxygens (including phenoxy) is 2. The van der Waals surface area contributed by atoms with Gasteiger partial charge in [-0.2, -0.15) is 13.2 Å². The number of carbonyl (C=O) groups is 1. The van der Waals surface area contributed by atoms with Gasteiger partial charge in [-0.3, -0.25) is 10.1 Å². The summed E-state index contributed by atoms with van der Waals surface area (Å²) < 4.78 is 47.5. The van der Waals surface area contributed by atoms with E-state index in [2.05, 4.69) is 5.32 Å². The molecule has 7 heteroatoms. The maximum atomic E-state index is 12.4. The summed E-state index contributed by atoms with van der Waals surface area (Å²) in [7, 11) is 0. The van der Waals surface area contributed by atoms with E-state index in [1.165, 1.54) is 0 Å². The molecule has 112 valence electrons. The molecule has 0 saturated carbocycles. The molecule has 0 aromatic heterocycles. The molecule has 1 N–H and O–H groups in total. The molecule has 2 atom stereocenters. The van der Waals surface area contributed by atoms with Crippen LogP contribution in [-0.4, -0.2) is 43.0 Å². The van der Waals surface area contributed by atoms with Crippen molar-refractivity contribution in [1.29, 1.82) is 0 Å². The van der Waals surface area contributed by atoms with E-state index >= 15 is 0 Å².